The number of nitrogens with zero attached hydrogens (tertiary/aromatic N) is 1. The number of fused-ring (bicyclic) bond motifs is 1. The molecule has 0 amide bonds. The molecule has 21 heavy (non-hydrogen) atoms. The van der Waals surface area contributed by atoms with Crippen LogP contribution in [-0.2, 0) is 6.54 Å². The fourth-order valence-electron chi connectivity index (χ4n) is 2.19. The Morgan fingerprint density at radius 3 is 2.86 bits per heavy atom. The van der Waals surface area contributed by atoms with E-state index in [1.165, 1.54) is 0 Å². The van der Waals surface area contributed by atoms with Crippen LogP contribution in [0.15, 0.2) is 47.3 Å². The lowest BCUT2D eigenvalue weighted by molar-refractivity contribution is 0.952. The van der Waals surface area contributed by atoms with E-state index < -0.39 is 0 Å². The standard InChI is InChI=1S/C16H14ClN3O/c1-10-4-2-3-5-13(10)18-9-15-19-14-8-11(17)6-7-12(14)16(21)20-15/h2-8,18H,9H2,1H3,(H,19,20,21). The minimum Gasteiger partial charge on any atom is -0.378 e. The molecule has 2 aromatic carbocycles. The van der Waals surface area contributed by atoms with Crippen molar-refractivity contribution in [2.45, 2.75) is 13.5 Å². The molecule has 0 radical (unpaired) electrons. The van der Waals surface area contributed by atoms with E-state index >= 15 is 0 Å². The van der Waals surface area contributed by atoms with E-state index in [9.17, 15) is 4.79 Å². The number of para-hydroxylation sites is 1. The Bertz CT molecular complexity index is 858. The molecule has 0 bridgehead atoms. The van der Waals surface area contributed by atoms with Crippen molar-refractivity contribution in [3.05, 3.63) is 69.2 Å². The quantitative estimate of drug-likeness (QED) is 0.778. The maximum absolute atomic E-state index is 12.0. The van der Waals surface area contributed by atoms with E-state index in [2.05, 4.69) is 15.3 Å². The Hall–Kier alpha value is -2.33. The van der Waals surface area contributed by atoms with Crippen molar-refractivity contribution in [1.82, 2.24) is 9.97 Å². The molecular formula is C16H14ClN3O. The molecule has 0 fully saturated rings. The molecule has 0 aliphatic rings. The van der Waals surface area contributed by atoms with Gasteiger partial charge in [0.25, 0.3) is 5.56 Å². The number of halogens is 1. The van der Waals surface area contributed by atoms with Gasteiger partial charge in [0.2, 0.25) is 0 Å². The average Bonchev–Trinajstić information content (AvgIpc) is 2.46. The second-order valence-electron chi connectivity index (χ2n) is 4.84. The lowest BCUT2D eigenvalue weighted by atomic mass is 10.2. The number of rotatable bonds is 3. The molecule has 0 saturated carbocycles. The molecule has 0 unspecified atom stereocenters. The molecule has 0 spiro atoms. The van der Waals surface area contributed by atoms with Crippen molar-refractivity contribution in [3.63, 3.8) is 0 Å². The summed E-state index contributed by atoms with van der Waals surface area (Å²) in [6, 6.07) is 13.0. The van der Waals surface area contributed by atoms with Gasteiger partial charge in [-0.2, -0.15) is 0 Å². The van der Waals surface area contributed by atoms with E-state index in [4.69, 9.17) is 11.6 Å². The average molecular weight is 300 g/mol. The Morgan fingerprint density at radius 2 is 2.05 bits per heavy atom. The van der Waals surface area contributed by atoms with Crippen LogP contribution in [0.5, 0.6) is 0 Å². The first-order valence-corrected chi connectivity index (χ1v) is 6.99. The summed E-state index contributed by atoms with van der Waals surface area (Å²) in [7, 11) is 0. The summed E-state index contributed by atoms with van der Waals surface area (Å²) < 4.78 is 0. The van der Waals surface area contributed by atoms with Crippen LogP contribution < -0.4 is 10.9 Å². The van der Waals surface area contributed by atoms with E-state index in [0.717, 1.165) is 11.3 Å². The normalized spacial score (nSPS) is 10.8. The predicted molar refractivity (Wildman–Crippen MR) is 85.9 cm³/mol. The third-order valence-electron chi connectivity index (χ3n) is 3.31. The highest BCUT2D eigenvalue weighted by Gasteiger charge is 2.05. The number of aromatic nitrogens is 2. The fourth-order valence-corrected chi connectivity index (χ4v) is 2.36. The monoisotopic (exact) mass is 299 g/mol. The Balaban J connectivity index is 1.91. The third-order valence-corrected chi connectivity index (χ3v) is 3.54. The lowest BCUT2D eigenvalue weighted by Gasteiger charge is -2.09. The smallest absolute Gasteiger partial charge is 0.258 e. The molecule has 5 heteroatoms. The molecule has 4 nitrogen and oxygen atoms in total. The van der Waals surface area contributed by atoms with Crippen molar-refractivity contribution in [2.75, 3.05) is 5.32 Å². The van der Waals surface area contributed by atoms with Gasteiger partial charge in [0.15, 0.2) is 0 Å². The third kappa shape index (κ3) is 2.90. The summed E-state index contributed by atoms with van der Waals surface area (Å²) in [5.41, 5.74) is 2.61. The summed E-state index contributed by atoms with van der Waals surface area (Å²) >= 11 is 5.95. The van der Waals surface area contributed by atoms with Crippen LogP contribution in [0.25, 0.3) is 10.9 Å². The van der Waals surface area contributed by atoms with E-state index in [1.807, 2.05) is 31.2 Å². The first kappa shape index (κ1) is 13.6. The Labute approximate surface area is 126 Å². The summed E-state index contributed by atoms with van der Waals surface area (Å²) in [6.07, 6.45) is 0. The topological polar surface area (TPSA) is 57.8 Å². The fraction of sp³-hybridized carbons (Fsp3) is 0.125. The van der Waals surface area contributed by atoms with E-state index in [-0.39, 0.29) is 5.56 Å². The second-order valence-corrected chi connectivity index (χ2v) is 5.28. The van der Waals surface area contributed by atoms with Crippen molar-refractivity contribution in [2.24, 2.45) is 0 Å². The molecule has 3 rings (SSSR count). The molecule has 0 saturated heterocycles. The van der Waals surface area contributed by atoms with Crippen molar-refractivity contribution in [3.8, 4) is 0 Å². The van der Waals surface area contributed by atoms with Crippen LogP contribution in [0.3, 0.4) is 0 Å². The van der Waals surface area contributed by atoms with Crippen molar-refractivity contribution < 1.29 is 0 Å². The first-order valence-electron chi connectivity index (χ1n) is 6.61. The van der Waals surface area contributed by atoms with Crippen LogP contribution in [-0.4, -0.2) is 9.97 Å². The van der Waals surface area contributed by atoms with Crippen LogP contribution in [0.4, 0.5) is 5.69 Å². The number of benzene rings is 2. The number of aryl methyl sites for hydroxylation is 1. The number of nitrogens with one attached hydrogen (secondary N) is 2. The van der Waals surface area contributed by atoms with Gasteiger partial charge >= 0.3 is 0 Å². The van der Waals surface area contributed by atoms with Crippen LogP contribution >= 0.6 is 11.6 Å². The highest BCUT2D eigenvalue weighted by atomic mass is 35.5. The van der Waals surface area contributed by atoms with Gasteiger partial charge < -0.3 is 10.3 Å². The Kier molecular flexibility index (Phi) is 3.62. The summed E-state index contributed by atoms with van der Waals surface area (Å²) in [5.74, 6) is 0.581. The van der Waals surface area contributed by atoms with Gasteiger partial charge in [-0.25, -0.2) is 4.98 Å². The van der Waals surface area contributed by atoms with Gasteiger partial charge in [0.05, 0.1) is 17.4 Å². The number of hydrogen-bond donors (Lipinski definition) is 2. The second kappa shape index (κ2) is 5.58. The molecular weight excluding hydrogens is 286 g/mol. The first-order chi connectivity index (χ1) is 10.1. The SMILES string of the molecule is Cc1ccccc1NCc1nc2cc(Cl)ccc2c(=O)[nH]1. The van der Waals surface area contributed by atoms with Gasteiger partial charge in [-0.3, -0.25) is 4.79 Å². The van der Waals surface area contributed by atoms with Crippen molar-refractivity contribution in [1.29, 1.82) is 0 Å². The Morgan fingerprint density at radius 1 is 1.24 bits per heavy atom. The zero-order valence-electron chi connectivity index (χ0n) is 11.5. The number of hydrogen-bond acceptors (Lipinski definition) is 3. The minimum atomic E-state index is -0.154. The number of aromatic amines is 1. The molecule has 1 aromatic heterocycles. The van der Waals surface area contributed by atoms with Crippen LogP contribution in [0.2, 0.25) is 5.02 Å². The maximum Gasteiger partial charge on any atom is 0.258 e. The zero-order valence-corrected chi connectivity index (χ0v) is 12.2. The highest BCUT2D eigenvalue weighted by molar-refractivity contribution is 6.31. The van der Waals surface area contributed by atoms with E-state index in [1.54, 1.807) is 18.2 Å². The minimum absolute atomic E-state index is 0.154. The lowest BCUT2D eigenvalue weighted by Crippen LogP contribution is -2.14. The van der Waals surface area contributed by atoms with Gasteiger partial charge in [-0.1, -0.05) is 29.8 Å². The van der Waals surface area contributed by atoms with Crippen LogP contribution in [0.1, 0.15) is 11.4 Å². The van der Waals surface area contributed by atoms with Crippen LogP contribution in [0, 0.1) is 6.92 Å². The summed E-state index contributed by atoms with van der Waals surface area (Å²) in [4.78, 5) is 19.2. The summed E-state index contributed by atoms with van der Waals surface area (Å²) in [5, 5.41) is 4.38. The predicted octanol–water partition coefficient (Wildman–Crippen LogP) is 3.50. The number of anilines is 1. The van der Waals surface area contributed by atoms with Gasteiger partial charge in [-0.05, 0) is 36.8 Å². The summed E-state index contributed by atoms with van der Waals surface area (Å²) in [6.45, 7) is 2.47. The molecule has 2 N–H and O–H groups in total. The van der Waals surface area contributed by atoms with Crippen molar-refractivity contribution >= 4 is 28.2 Å². The molecule has 106 valence electrons. The van der Waals surface area contributed by atoms with E-state index in [0.29, 0.717) is 28.3 Å². The zero-order chi connectivity index (χ0) is 14.8. The maximum atomic E-state index is 12.0. The highest BCUT2D eigenvalue weighted by Crippen LogP contribution is 2.16. The molecule has 1 heterocycles. The molecule has 0 aliphatic heterocycles. The molecule has 0 atom stereocenters. The molecule has 0 aliphatic carbocycles. The van der Waals surface area contributed by atoms with Gasteiger partial charge in [0, 0.05) is 10.7 Å². The van der Waals surface area contributed by atoms with Gasteiger partial charge in [-0.15, -0.1) is 0 Å². The molecule has 3 aromatic rings. The number of H-pyrrole nitrogens is 1. The largest absolute Gasteiger partial charge is 0.378 e. The van der Waals surface area contributed by atoms with Gasteiger partial charge in [0.1, 0.15) is 5.82 Å².